The molecule has 1 saturated heterocycles. The molecule has 4 rings (SSSR count). The highest BCUT2D eigenvalue weighted by Crippen LogP contribution is 2.40. The predicted octanol–water partition coefficient (Wildman–Crippen LogP) is -1.54. The molecule has 4 heterocycles. The van der Waals surface area contributed by atoms with Gasteiger partial charge in [-0.25, -0.2) is 18.0 Å². The zero-order valence-corrected chi connectivity index (χ0v) is 21.7. The summed E-state index contributed by atoms with van der Waals surface area (Å²) in [6, 6.07) is 1.53. The van der Waals surface area contributed by atoms with Gasteiger partial charge in [-0.15, -0.1) is 23.1 Å². The molecular weight excluding hydrogens is 570 g/mol. The summed E-state index contributed by atoms with van der Waals surface area (Å²) in [6.45, 7) is -3.29. The van der Waals surface area contributed by atoms with E-state index in [-0.39, 0.29) is 33.7 Å². The van der Waals surface area contributed by atoms with E-state index in [4.69, 9.17) is 5.73 Å². The molecule has 2 amide bonds. The van der Waals surface area contributed by atoms with Crippen LogP contribution >= 0.6 is 23.1 Å². The lowest BCUT2D eigenvalue weighted by atomic mass is 10.0. The van der Waals surface area contributed by atoms with Crippen LogP contribution in [0.15, 0.2) is 51.2 Å². The third kappa shape index (κ3) is 5.60. The zero-order chi connectivity index (χ0) is 27.8. The van der Waals surface area contributed by atoms with Crippen molar-refractivity contribution in [1.29, 1.82) is 0 Å². The number of hydrogen-bond donors (Lipinski definition) is 2. The normalized spacial score (nSPS) is 19.7. The first-order valence-corrected chi connectivity index (χ1v) is 14.3. The number of carbonyl (C=O) groups excluding carboxylic acids is 3. The Bertz CT molecular complexity index is 1460. The number of fused-ring (bicyclic) bond motifs is 1. The van der Waals surface area contributed by atoms with Crippen molar-refractivity contribution in [3.05, 3.63) is 46.9 Å². The maximum atomic E-state index is 12.9. The van der Waals surface area contributed by atoms with Gasteiger partial charge in [0.05, 0.1) is 16.6 Å². The van der Waals surface area contributed by atoms with Crippen LogP contribution in [-0.2, 0) is 35.6 Å². The van der Waals surface area contributed by atoms with Gasteiger partial charge in [-0.3, -0.25) is 14.5 Å². The van der Waals surface area contributed by atoms with Gasteiger partial charge in [0.1, 0.15) is 17.1 Å². The molecule has 38 heavy (non-hydrogen) atoms. The second-order valence-corrected chi connectivity index (χ2v) is 12.0. The Morgan fingerprint density at radius 1 is 1.39 bits per heavy atom. The Morgan fingerprint density at radius 2 is 2.08 bits per heavy atom. The van der Waals surface area contributed by atoms with Gasteiger partial charge in [0.2, 0.25) is 0 Å². The zero-order valence-electron chi connectivity index (χ0n) is 19.2. The number of nitrogens with two attached hydrogens (primary N) is 1. The number of thiazole rings is 1. The van der Waals surface area contributed by atoms with E-state index >= 15 is 0 Å². The van der Waals surface area contributed by atoms with Gasteiger partial charge in [-0.05, 0) is 0 Å². The fourth-order valence-electron chi connectivity index (χ4n) is 3.71. The fourth-order valence-corrected chi connectivity index (χ4v) is 6.21. The monoisotopic (exact) mass is 588 g/mol. The second-order valence-electron chi connectivity index (χ2n) is 7.96. The minimum Gasteiger partial charge on any atom is -0.543 e. The van der Waals surface area contributed by atoms with Crippen molar-refractivity contribution in [2.24, 2.45) is 5.16 Å². The van der Waals surface area contributed by atoms with E-state index in [9.17, 15) is 36.7 Å². The number of aliphatic carboxylic acids is 1. The molecule has 3 N–H and O–H groups in total. The number of oxime groups is 1. The number of thioether (sulfide) groups is 1. The van der Waals surface area contributed by atoms with E-state index < -0.39 is 51.4 Å². The summed E-state index contributed by atoms with van der Waals surface area (Å²) in [5, 5.41) is 18.0. The molecule has 2 aliphatic rings. The van der Waals surface area contributed by atoms with E-state index in [2.05, 4.69) is 20.3 Å². The largest absolute Gasteiger partial charge is 0.543 e. The first kappa shape index (κ1) is 27.4. The number of nitrogens with zero attached hydrogens (tertiary/aromatic N) is 4. The Labute approximate surface area is 221 Å². The van der Waals surface area contributed by atoms with Crippen LogP contribution in [-0.4, -0.2) is 71.8 Å². The lowest BCUT2D eigenvalue weighted by Crippen LogP contribution is -2.71. The molecule has 0 bridgehead atoms. The molecule has 13 nitrogen and oxygen atoms in total. The number of amides is 2. The van der Waals surface area contributed by atoms with Gasteiger partial charge in [0, 0.05) is 35.1 Å². The number of sulfone groups is 1. The number of pyridine rings is 1. The molecule has 0 saturated carbocycles. The Kier molecular flexibility index (Phi) is 7.65. The van der Waals surface area contributed by atoms with Crippen molar-refractivity contribution >= 4 is 61.6 Å². The SMILES string of the molecule is CS(=O)(=O)c1cc[n+](CC2=C(C(=O)[O-])N3C(=O)C(NC(=O)/C(=N/OC(F)F)c4csc(N)n4)[C@H]3SC2)cc1. The summed E-state index contributed by atoms with van der Waals surface area (Å²) < 4.78 is 49.9. The number of halogens is 2. The van der Waals surface area contributed by atoms with Gasteiger partial charge < -0.3 is 25.8 Å². The minimum absolute atomic E-state index is 0.0287. The Hall–Kier alpha value is -3.64. The number of alkyl halides is 2. The second kappa shape index (κ2) is 10.6. The number of hydrogen-bond acceptors (Lipinski definition) is 12. The van der Waals surface area contributed by atoms with Crippen molar-refractivity contribution in [2.45, 2.75) is 29.5 Å². The van der Waals surface area contributed by atoms with E-state index in [0.717, 1.165) is 34.3 Å². The van der Waals surface area contributed by atoms with Crippen LogP contribution in [0.3, 0.4) is 0 Å². The van der Waals surface area contributed by atoms with Gasteiger partial charge in [0.25, 0.3) is 11.8 Å². The number of nitrogens with one attached hydrogen (secondary N) is 1. The number of carboxylic acid groups (broad SMARTS) is 1. The molecule has 2 aromatic heterocycles. The summed E-state index contributed by atoms with van der Waals surface area (Å²) in [7, 11) is -3.42. The molecule has 18 heteroatoms. The average molecular weight is 589 g/mol. The van der Waals surface area contributed by atoms with Gasteiger partial charge >= 0.3 is 6.61 Å². The van der Waals surface area contributed by atoms with E-state index in [1.54, 1.807) is 4.57 Å². The number of aromatic nitrogens is 2. The standard InChI is InChI=1S/C20H18F2N6O7S3/c1-38(33,34)10-2-4-27(5-3-10)6-9-7-36-17-13(16(30)28(17)14(9)18(31)32)25-15(29)12(26-35-19(21)22)11-8-37-20(23)24-11/h2-5,8,13,17,19H,6-7H2,1H3,(H3-,23,24,25,29,31,32)/b26-12+/t13?,17-/m1/s1. The maximum absolute atomic E-state index is 12.9. The highest BCUT2D eigenvalue weighted by molar-refractivity contribution is 8.00. The van der Waals surface area contributed by atoms with Crippen molar-refractivity contribution in [1.82, 2.24) is 15.2 Å². The molecule has 2 aromatic rings. The van der Waals surface area contributed by atoms with Gasteiger partial charge in [-0.2, -0.15) is 8.78 Å². The van der Waals surface area contributed by atoms with Crippen LogP contribution in [0.5, 0.6) is 0 Å². The number of carboxylic acids is 1. The summed E-state index contributed by atoms with van der Waals surface area (Å²) in [6.07, 6.45) is 3.97. The maximum Gasteiger partial charge on any atom is 0.407 e. The molecule has 1 fully saturated rings. The number of rotatable bonds is 9. The highest BCUT2D eigenvalue weighted by atomic mass is 32.2. The molecule has 2 atom stereocenters. The summed E-state index contributed by atoms with van der Waals surface area (Å²) >= 11 is 2.08. The summed E-state index contributed by atoms with van der Waals surface area (Å²) in [4.78, 5) is 46.4. The van der Waals surface area contributed by atoms with Crippen molar-refractivity contribution < 1.29 is 46.1 Å². The molecule has 0 radical (unpaired) electrons. The topological polar surface area (TPSA) is 188 Å². The fraction of sp³-hybridized carbons (Fsp3) is 0.300. The van der Waals surface area contributed by atoms with Crippen LogP contribution in [0.25, 0.3) is 0 Å². The van der Waals surface area contributed by atoms with Crippen molar-refractivity contribution in [3.63, 3.8) is 0 Å². The molecule has 0 aromatic carbocycles. The van der Waals surface area contributed by atoms with Crippen molar-refractivity contribution in [3.8, 4) is 0 Å². The number of carbonyl (C=O) groups is 3. The van der Waals surface area contributed by atoms with Gasteiger partial charge in [0.15, 0.2) is 39.6 Å². The lowest BCUT2D eigenvalue weighted by Gasteiger charge is -2.50. The quantitative estimate of drug-likeness (QED) is 0.150. The van der Waals surface area contributed by atoms with Crippen LogP contribution < -0.4 is 20.7 Å². The Balaban J connectivity index is 1.53. The van der Waals surface area contributed by atoms with Crippen LogP contribution in [0.2, 0.25) is 0 Å². The predicted molar refractivity (Wildman–Crippen MR) is 127 cm³/mol. The summed E-state index contributed by atoms with van der Waals surface area (Å²) in [5.74, 6) is -3.29. The van der Waals surface area contributed by atoms with Crippen LogP contribution in [0.4, 0.5) is 13.9 Å². The number of nitrogen functional groups attached to an aromatic ring is 1. The molecule has 0 spiro atoms. The van der Waals surface area contributed by atoms with Crippen LogP contribution in [0, 0.1) is 0 Å². The smallest absolute Gasteiger partial charge is 0.407 e. The molecular formula is C20H18F2N6O7S3. The van der Waals surface area contributed by atoms with E-state index in [0.29, 0.717) is 5.57 Å². The number of anilines is 1. The number of β-lactam (4-membered cyclic amide) rings is 1. The molecule has 0 aliphatic carbocycles. The first-order valence-electron chi connectivity index (χ1n) is 10.5. The minimum atomic E-state index is -3.42. The van der Waals surface area contributed by atoms with Crippen LogP contribution in [0.1, 0.15) is 5.69 Å². The first-order chi connectivity index (χ1) is 17.9. The molecule has 1 unspecified atom stereocenters. The highest BCUT2D eigenvalue weighted by Gasteiger charge is 2.53. The van der Waals surface area contributed by atoms with Gasteiger partial charge in [-0.1, -0.05) is 5.16 Å². The molecule has 202 valence electrons. The third-order valence-corrected chi connectivity index (χ3v) is 8.53. The summed E-state index contributed by atoms with van der Waals surface area (Å²) in [5.41, 5.74) is 4.69. The molecule has 2 aliphatic heterocycles. The Morgan fingerprint density at radius 3 is 2.63 bits per heavy atom. The van der Waals surface area contributed by atoms with Crippen molar-refractivity contribution in [2.75, 3.05) is 17.7 Å². The average Bonchev–Trinajstić information content (AvgIpc) is 3.27. The lowest BCUT2D eigenvalue weighted by molar-refractivity contribution is -0.689. The van der Waals surface area contributed by atoms with E-state index in [1.807, 2.05) is 0 Å². The third-order valence-electron chi connectivity index (χ3n) is 5.39. The van der Waals surface area contributed by atoms with E-state index in [1.165, 1.54) is 29.9 Å².